The first kappa shape index (κ1) is 14.9. The average molecular weight is 296 g/mol. The SMILES string of the molecule is O=C[C@H](Cl)[C@@H]1CCCN(C(=O)OCc2ccccc2)C1. The van der Waals surface area contributed by atoms with Crippen molar-refractivity contribution in [3.05, 3.63) is 35.9 Å². The Hall–Kier alpha value is -1.55. The molecule has 0 saturated carbocycles. The highest BCUT2D eigenvalue weighted by molar-refractivity contribution is 6.27. The Labute approximate surface area is 123 Å². The normalized spacial score (nSPS) is 20.2. The summed E-state index contributed by atoms with van der Waals surface area (Å²) in [7, 11) is 0. The van der Waals surface area contributed by atoms with Crippen LogP contribution in [-0.2, 0) is 16.1 Å². The smallest absolute Gasteiger partial charge is 0.410 e. The molecule has 2 atom stereocenters. The number of rotatable bonds is 4. The molecule has 1 aromatic rings. The Kier molecular flexibility index (Phi) is 5.41. The summed E-state index contributed by atoms with van der Waals surface area (Å²) in [6, 6.07) is 9.55. The van der Waals surface area contributed by atoms with Gasteiger partial charge in [0.2, 0.25) is 0 Å². The van der Waals surface area contributed by atoms with Crippen LogP contribution in [0, 0.1) is 5.92 Å². The zero-order chi connectivity index (χ0) is 14.4. The van der Waals surface area contributed by atoms with Crippen LogP contribution in [0.25, 0.3) is 0 Å². The van der Waals surface area contributed by atoms with E-state index in [2.05, 4.69) is 0 Å². The van der Waals surface area contributed by atoms with Crippen LogP contribution in [0.3, 0.4) is 0 Å². The molecule has 0 aromatic heterocycles. The molecule has 0 spiro atoms. The van der Waals surface area contributed by atoms with Crippen LogP contribution in [0.1, 0.15) is 18.4 Å². The number of benzene rings is 1. The molecule has 2 rings (SSSR count). The van der Waals surface area contributed by atoms with Crippen molar-refractivity contribution in [2.45, 2.75) is 24.8 Å². The van der Waals surface area contributed by atoms with Crippen LogP contribution >= 0.6 is 11.6 Å². The lowest BCUT2D eigenvalue weighted by atomic mass is 9.95. The molecular weight excluding hydrogens is 278 g/mol. The first-order chi connectivity index (χ1) is 9.70. The third-order valence-electron chi connectivity index (χ3n) is 3.50. The molecule has 0 bridgehead atoms. The van der Waals surface area contributed by atoms with E-state index in [0.717, 1.165) is 24.7 Å². The molecule has 1 saturated heterocycles. The number of carbonyl (C=O) groups excluding carboxylic acids is 2. The van der Waals surface area contributed by atoms with Gasteiger partial charge in [-0.2, -0.15) is 0 Å². The van der Waals surface area contributed by atoms with Crippen LogP contribution < -0.4 is 0 Å². The first-order valence-corrected chi connectivity index (χ1v) is 7.19. The van der Waals surface area contributed by atoms with E-state index in [1.807, 2.05) is 30.3 Å². The van der Waals surface area contributed by atoms with Gasteiger partial charge in [0.25, 0.3) is 0 Å². The number of carbonyl (C=O) groups is 2. The fourth-order valence-corrected chi connectivity index (χ4v) is 2.56. The van der Waals surface area contributed by atoms with Gasteiger partial charge in [-0.1, -0.05) is 30.3 Å². The molecule has 1 aliphatic rings. The molecular formula is C15H18ClNO3. The minimum absolute atomic E-state index is 0.0205. The first-order valence-electron chi connectivity index (χ1n) is 6.75. The molecule has 20 heavy (non-hydrogen) atoms. The number of likely N-dealkylation sites (tertiary alicyclic amines) is 1. The summed E-state index contributed by atoms with van der Waals surface area (Å²) in [5, 5.41) is -0.528. The van der Waals surface area contributed by atoms with Gasteiger partial charge in [-0.05, 0) is 24.3 Å². The van der Waals surface area contributed by atoms with Gasteiger partial charge < -0.3 is 14.4 Å². The summed E-state index contributed by atoms with van der Waals surface area (Å²) >= 11 is 5.94. The Balaban J connectivity index is 1.84. The van der Waals surface area contributed by atoms with E-state index < -0.39 is 5.38 Å². The van der Waals surface area contributed by atoms with Gasteiger partial charge in [0.15, 0.2) is 0 Å². The molecule has 0 aliphatic carbocycles. The molecule has 0 radical (unpaired) electrons. The summed E-state index contributed by atoms with van der Waals surface area (Å²) in [5.74, 6) is 0.0205. The molecule has 0 N–H and O–H groups in total. The van der Waals surface area contributed by atoms with Gasteiger partial charge in [0.05, 0.1) is 5.38 Å². The van der Waals surface area contributed by atoms with E-state index >= 15 is 0 Å². The lowest BCUT2D eigenvalue weighted by molar-refractivity contribution is -0.108. The van der Waals surface area contributed by atoms with Gasteiger partial charge in [-0.25, -0.2) is 4.79 Å². The number of alkyl halides is 1. The number of aldehydes is 1. The van der Waals surface area contributed by atoms with Crippen LogP contribution in [0.15, 0.2) is 30.3 Å². The minimum Gasteiger partial charge on any atom is -0.445 e. The molecule has 1 amide bonds. The van der Waals surface area contributed by atoms with Crippen molar-refractivity contribution in [2.24, 2.45) is 5.92 Å². The van der Waals surface area contributed by atoms with Crippen LogP contribution in [0.5, 0.6) is 0 Å². The Morgan fingerprint density at radius 2 is 2.20 bits per heavy atom. The van der Waals surface area contributed by atoms with E-state index in [0.29, 0.717) is 13.1 Å². The lowest BCUT2D eigenvalue weighted by Crippen LogP contribution is -2.43. The van der Waals surface area contributed by atoms with E-state index in [4.69, 9.17) is 16.3 Å². The molecule has 1 heterocycles. The van der Waals surface area contributed by atoms with Gasteiger partial charge >= 0.3 is 6.09 Å². The topological polar surface area (TPSA) is 46.6 Å². The highest BCUT2D eigenvalue weighted by atomic mass is 35.5. The number of piperidine rings is 1. The number of hydrogen-bond acceptors (Lipinski definition) is 3. The van der Waals surface area contributed by atoms with E-state index in [1.165, 1.54) is 0 Å². The summed E-state index contributed by atoms with van der Waals surface area (Å²) < 4.78 is 5.28. The maximum Gasteiger partial charge on any atom is 0.410 e. The molecule has 1 aliphatic heterocycles. The number of ether oxygens (including phenoxy) is 1. The molecule has 0 unspecified atom stereocenters. The third-order valence-corrected chi connectivity index (χ3v) is 3.96. The molecule has 4 nitrogen and oxygen atoms in total. The fourth-order valence-electron chi connectivity index (χ4n) is 2.36. The lowest BCUT2D eigenvalue weighted by Gasteiger charge is -2.32. The zero-order valence-corrected chi connectivity index (χ0v) is 12.0. The maximum absolute atomic E-state index is 12.0. The Bertz CT molecular complexity index is 452. The predicted molar refractivity (Wildman–Crippen MR) is 76.6 cm³/mol. The average Bonchev–Trinajstić information content (AvgIpc) is 2.53. The van der Waals surface area contributed by atoms with Gasteiger partial charge in [-0.3, -0.25) is 0 Å². The number of nitrogens with zero attached hydrogens (tertiary/aromatic N) is 1. The highest BCUT2D eigenvalue weighted by Crippen LogP contribution is 2.22. The van der Waals surface area contributed by atoms with Crippen molar-refractivity contribution in [3.8, 4) is 0 Å². The fraction of sp³-hybridized carbons (Fsp3) is 0.467. The number of amides is 1. The van der Waals surface area contributed by atoms with Crippen molar-refractivity contribution in [2.75, 3.05) is 13.1 Å². The van der Waals surface area contributed by atoms with Crippen LogP contribution in [0.4, 0.5) is 4.79 Å². The molecule has 1 aromatic carbocycles. The Morgan fingerprint density at radius 1 is 1.45 bits per heavy atom. The zero-order valence-electron chi connectivity index (χ0n) is 11.2. The second-order valence-corrected chi connectivity index (χ2v) is 5.47. The molecule has 108 valence electrons. The number of hydrogen-bond donors (Lipinski definition) is 0. The van der Waals surface area contributed by atoms with Crippen molar-refractivity contribution >= 4 is 24.0 Å². The van der Waals surface area contributed by atoms with Crippen LogP contribution in [0.2, 0.25) is 0 Å². The van der Waals surface area contributed by atoms with Crippen LogP contribution in [-0.4, -0.2) is 35.7 Å². The standard InChI is InChI=1S/C15H18ClNO3/c16-14(10-18)13-7-4-8-17(9-13)15(19)20-11-12-5-2-1-3-6-12/h1-3,5-6,10,13-14H,4,7-9,11H2/t13-,14+/m1/s1. The van der Waals surface area contributed by atoms with Crippen molar-refractivity contribution in [1.82, 2.24) is 4.90 Å². The van der Waals surface area contributed by atoms with E-state index in [-0.39, 0.29) is 18.6 Å². The van der Waals surface area contributed by atoms with Gasteiger partial charge in [0, 0.05) is 13.1 Å². The highest BCUT2D eigenvalue weighted by Gasteiger charge is 2.28. The largest absolute Gasteiger partial charge is 0.445 e. The summed E-state index contributed by atoms with van der Waals surface area (Å²) in [4.78, 5) is 24.4. The third kappa shape index (κ3) is 3.97. The Morgan fingerprint density at radius 3 is 2.90 bits per heavy atom. The summed E-state index contributed by atoms with van der Waals surface area (Å²) in [5.41, 5.74) is 0.956. The van der Waals surface area contributed by atoms with Crippen molar-refractivity contribution < 1.29 is 14.3 Å². The van der Waals surface area contributed by atoms with Crippen molar-refractivity contribution in [1.29, 1.82) is 0 Å². The van der Waals surface area contributed by atoms with Gasteiger partial charge in [0.1, 0.15) is 12.9 Å². The summed E-state index contributed by atoms with van der Waals surface area (Å²) in [6.07, 6.45) is 2.12. The maximum atomic E-state index is 12.0. The molecule has 1 fully saturated rings. The second-order valence-electron chi connectivity index (χ2n) is 4.97. The molecule has 5 heteroatoms. The van der Waals surface area contributed by atoms with E-state index in [9.17, 15) is 9.59 Å². The van der Waals surface area contributed by atoms with Gasteiger partial charge in [-0.15, -0.1) is 11.6 Å². The number of halogens is 1. The second kappa shape index (κ2) is 7.29. The predicted octanol–water partition coefficient (Wildman–Crippen LogP) is 2.84. The van der Waals surface area contributed by atoms with Crippen molar-refractivity contribution in [3.63, 3.8) is 0 Å². The minimum atomic E-state index is -0.528. The summed E-state index contributed by atoms with van der Waals surface area (Å²) in [6.45, 7) is 1.41. The quantitative estimate of drug-likeness (QED) is 0.634. The van der Waals surface area contributed by atoms with E-state index in [1.54, 1.807) is 4.90 Å². The monoisotopic (exact) mass is 295 g/mol.